The lowest BCUT2D eigenvalue weighted by atomic mass is 10.1. The molecule has 0 aliphatic rings. The molecule has 0 radical (unpaired) electrons. The van der Waals surface area contributed by atoms with Crippen molar-refractivity contribution in [3.8, 4) is 0 Å². The van der Waals surface area contributed by atoms with Crippen molar-refractivity contribution in [3.63, 3.8) is 0 Å². The molecule has 0 aromatic heterocycles. The van der Waals surface area contributed by atoms with E-state index >= 15 is 0 Å². The first-order valence-electron chi connectivity index (χ1n) is 5.84. The summed E-state index contributed by atoms with van der Waals surface area (Å²) in [6.07, 6.45) is 0.813. The molecule has 0 saturated carbocycles. The molecule has 0 amide bonds. The molecular weight excluding hydrogens is 216 g/mol. The number of benzene rings is 1. The van der Waals surface area contributed by atoms with Gasteiger partial charge in [0.05, 0.1) is 6.10 Å². The molecule has 0 spiro atoms. The molecule has 17 heavy (non-hydrogen) atoms. The van der Waals surface area contributed by atoms with Crippen LogP contribution in [-0.4, -0.2) is 17.9 Å². The quantitative estimate of drug-likeness (QED) is 0.580. The van der Waals surface area contributed by atoms with Crippen molar-refractivity contribution in [3.05, 3.63) is 35.4 Å². The van der Waals surface area contributed by atoms with Gasteiger partial charge in [0.25, 0.3) is 0 Å². The second-order valence-electron chi connectivity index (χ2n) is 4.22. The largest absolute Gasteiger partial charge is 0.457 e. The number of rotatable bonds is 5. The first-order chi connectivity index (χ1) is 8.02. The minimum absolute atomic E-state index is 0.107. The van der Waals surface area contributed by atoms with Gasteiger partial charge in [-0.3, -0.25) is 4.79 Å². The molecule has 0 aliphatic heterocycles. The number of aryl methyl sites for hydroxylation is 1. The molecule has 92 valence electrons. The smallest absolute Gasteiger partial charge is 0.375 e. The summed E-state index contributed by atoms with van der Waals surface area (Å²) in [5, 5.41) is 0. The number of hydrogen-bond acceptors (Lipinski definition) is 3. The Morgan fingerprint density at radius 2 is 1.65 bits per heavy atom. The third-order valence-corrected chi connectivity index (χ3v) is 2.37. The van der Waals surface area contributed by atoms with Crippen molar-refractivity contribution in [1.29, 1.82) is 0 Å². The van der Waals surface area contributed by atoms with Crippen molar-refractivity contribution in [2.24, 2.45) is 0 Å². The monoisotopic (exact) mass is 234 g/mol. The molecule has 0 unspecified atom stereocenters. The van der Waals surface area contributed by atoms with Crippen LogP contribution in [0.3, 0.4) is 0 Å². The Kier molecular flexibility index (Phi) is 4.88. The van der Waals surface area contributed by atoms with E-state index in [-0.39, 0.29) is 12.5 Å². The van der Waals surface area contributed by atoms with E-state index in [1.54, 1.807) is 13.8 Å². The van der Waals surface area contributed by atoms with Crippen LogP contribution in [0.15, 0.2) is 24.3 Å². The lowest BCUT2D eigenvalue weighted by Crippen LogP contribution is -2.22. The number of esters is 1. The highest BCUT2D eigenvalue weighted by Crippen LogP contribution is 2.06. The topological polar surface area (TPSA) is 43.4 Å². The molecular formula is C14H18O3. The second-order valence-corrected chi connectivity index (χ2v) is 4.22. The highest BCUT2D eigenvalue weighted by Gasteiger charge is 2.16. The van der Waals surface area contributed by atoms with Crippen molar-refractivity contribution in [1.82, 2.24) is 0 Å². The Hall–Kier alpha value is -1.64. The molecule has 0 heterocycles. The van der Waals surface area contributed by atoms with Crippen molar-refractivity contribution < 1.29 is 14.3 Å². The Bertz CT molecular complexity index is 390. The predicted molar refractivity (Wildman–Crippen MR) is 65.8 cm³/mol. The number of carbonyl (C=O) groups excluding carboxylic acids is 2. The first kappa shape index (κ1) is 13.4. The van der Waals surface area contributed by atoms with E-state index in [2.05, 4.69) is 6.92 Å². The highest BCUT2D eigenvalue weighted by molar-refractivity contribution is 6.34. The van der Waals surface area contributed by atoms with Gasteiger partial charge in [-0.2, -0.15) is 0 Å². The zero-order valence-electron chi connectivity index (χ0n) is 10.5. The number of Topliss-reactive ketones (excluding diaryl/α,β-unsaturated/α-hetero) is 1. The van der Waals surface area contributed by atoms with Crippen LogP contribution < -0.4 is 0 Å². The molecule has 0 aliphatic carbocycles. The van der Waals surface area contributed by atoms with Gasteiger partial charge in [0.2, 0.25) is 5.78 Å². The van der Waals surface area contributed by atoms with Gasteiger partial charge in [-0.05, 0) is 31.4 Å². The standard InChI is InChI=1S/C14H18O3/c1-4-11-5-7-12(8-6-11)9-13(15)14(16)17-10(2)3/h5-8,10H,4,9H2,1-3H3. The van der Waals surface area contributed by atoms with E-state index in [1.807, 2.05) is 24.3 Å². The highest BCUT2D eigenvalue weighted by atomic mass is 16.5. The summed E-state index contributed by atoms with van der Waals surface area (Å²) in [5.41, 5.74) is 2.05. The van der Waals surface area contributed by atoms with Gasteiger partial charge in [0.1, 0.15) is 0 Å². The maximum Gasteiger partial charge on any atom is 0.375 e. The lowest BCUT2D eigenvalue weighted by Gasteiger charge is -2.07. The van der Waals surface area contributed by atoms with Crippen molar-refractivity contribution in [2.45, 2.75) is 39.7 Å². The fraction of sp³-hybridized carbons (Fsp3) is 0.429. The van der Waals surface area contributed by atoms with Crippen LogP contribution in [0, 0.1) is 0 Å². The zero-order valence-corrected chi connectivity index (χ0v) is 10.5. The SMILES string of the molecule is CCc1ccc(CC(=O)C(=O)OC(C)C)cc1. The van der Waals surface area contributed by atoms with Gasteiger partial charge in [-0.25, -0.2) is 4.79 Å². The Labute approximate surface area is 102 Å². The van der Waals surface area contributed by atoms with Gasteiger partial charge in [0, 0.05) is 6.42 Å². The molecule has 0 bridgehead atoms. The minimum atomic E-state index is -0.750. The fourth-order valence-electron chi connectivity index (χ4n) is 1.43. The van der Waals surface area contributed by atoms with Crippen LogP contribution in [0.4, 0.5) is 0 Å². The van der Waals surface area contributed by atoms with E-state index in [1.165, 1.54) is 5.56 Å². The van der Waals surface area contributed by atoms with Crippen molar-refractivity contribution in [2.75, 3.05) is 0 Å². The molecule has 0 atom stereocenters. The zero-order chi connectivity index (χ0) is 12.8. The van der Waals surface area contributed by atoms with Gasteiger partial charge in [-0.1, -0.05) is 31.2 Å². The molecule has 3 heteroatoms. The fourth-order valence-corrected chi connectivity index (χ4v) is 1.43. The van der Waals surface area contributed by atoms with E-state index in [0.717, 1.165) is 12.0 Å². The molecule has 0 saturated heterocycles. The Balaban J connectivity index is 2.58. The van der Waals surface area contributed by atoms with Crippen LogP contribution in [0.1, 0.15) is 31.9 Å². The van der Waals surface area contributed by atoms with Gasteiger partial charge in [-0.15, -0.1) is 0 Å². The summed E-state index contributed by atoms with van der Waals surface area (Å²) in [7, 11) is 0. The van der Waals surface area contributed by atoms with Crippen LogP contribution in [0.2, 0.25) is 0 Å². The van der Waals surface area contributed by atoms with Crippen molar-refractivity contribution >= 4 is 11.8 Å². The van der Waals surface area contributed by atoms with Gasteiger partial charge in [0.15, 0.2) is 0 Å². The molecule has 1 aromatic carbocycles. The summed E-state index contributed by atoms with van der Waals surface area (Å²) in [4.78, 5) is 22.8. The second kappa shape index (κ2) is 6.18. The summed E-state index contributed by atoms with van der Waals surface area (Å²) >= 11 is 0. The normalized spacial score (nSPS) is 10.4. The molecule has 0 N–H and O–H groups in total. The van der Waals surface area contributed by atoms with E-state index in [9.17, 15) is 9.59 Å². The summed E-state index contributed by atoms with van der Waals surface area (Å²) in [6.45, 7) is 5.52. The van der Waals surface area contributed by atoms with E-state index < -0.39 is 11.8 Å². The van der Waals surface area contributed by atoms with Crippen LogP contribution >= 0.6 is 0 Å². The maximum atomic E-state index is 11.5. The number of ketones is 1. The van der Waals surface area contributed by atoms with Crippen LogP contribution in [-0.2, 0) is 27.2 Å². The average Bonchev–Trinajstić information content (AvgIpc) is 2.29. The molecule has 1 aromatic rings. The molecule has 1 rings (SSSR count). The van der Waals surface area contributed by atoms with Gasteiger partial charge < -0.3 is 4.74 Å². The average molecular weight is 234 g/mol. The number of carbonyl (C=O) groups is 2. The van der Waals surface area contributed by atoms with Gasteiger partial charge >= 0.3 is 5.97 Å². The van der Waals surface area contributed by atoms with Crippen LogP contribution in [0.25, 0.3) is 0 Å². The maximum absolute atomic E-state index is 11.5. The third kappa shape index (κ3) is 4.39. The Morgan fingerprint density at radius 1 is 1.12 bits per heavy atom. The van der Waals surface area contributed by atoms with Crippen LogP contribution in [0.5, 0.6) is 0 Å². The third-order valence-electron chi connectivity index (χ3n) is 2.37. The Morgan fingerprint density at radius 3 is 2.12 bits per heavy atom. The van der Waals surface area contributed by atoms with E-state index in [0.29, 0.717) is 0 Å². The first-order valence-corrected chi connectivity index (χ1v) is 5.84. The summed E-state index contributed by atoms with van der Waals surface area (Å²) in [6, 6.07) is 7.69. The predicted octanol–water partition coefficient (Wildman–Crippen LogP) is 2.31. The summed E-state index contributed by atoms with van der Waals surface area (Å²) in [5.74, 6) is -1.25. The lowest BCUT2D eigenvalue weighted by molar-refractivity contribution is -0.156. The molecule has 0 fully saturated rings. The summed E-state index contributed by atoms with van der Waals surface area (Å²) < 4.78 is 4.84. The van der Waals surface area contributed by atoms with E-state index in [4.69, 9.17) is 4.74 Å². The minimum Gasteiger partial charge on any atom is -0.457 e. The number of ether oxygens (including phenoxy) is 1. The number of hydrogen-bond donors (Lipinski definition) is 0. The molecule has 3 nitrogen and oxygen atoms in total.